The second kappa shape index (κ2) is 10.6. The van der Waals surface area contributed by atoms with Crippen molar-refractivity contribution in [1.29, 1.82) is 0 Å². The van der Waals surface area contributed by atoms with Crippen molar-refractivity contribution in [3.05, 3.63) is 84.7 Å². The number of nitrogens with zero attached hydrogens (tertiary/aromatic N) is 3. The molecule has 3 aromatic carbocycles. The Balaban J connectivity index is 0.979. The topological polar surface area (TPSA) is 98.9 Å². The predicted octanol–water partition coefficient (Wildman–Crippen LogP) is 8.03. The van der Waals surface area contributed by atoms with Crippen molar-refractivity contribution in [1.82, 2.24) is 30.2 Å². The molecule has 1 aliphatic carbocycles. The van der Waals surface area contributed by atoms with Gasteiger partial charge in [-0.05, 0) is 91.5 Å². The van der Waals surface area contributed by atoms with E-state index in [2.05, 4.69) is 87.9 Å². The van der Waals surface area contributed by atoms with Gasteiger partial charge in [-0.2, -0.15) is 0 Å². The fourth-order valence-corrected chi connectivity index (χ4v) is 7.10. The summed E-state index contributed by atoms with van der Waals surface area (Å²) in [6.45, 7) is 8.53. The van der Waals surface area contributed by atoms with Crippen molar-refractivity contribution in [2.75, 3.05) is 6.54 Å². The normalized spacial score (nSPS) is 24.3. The van der Waals surface area contributed by atoms with Gasteiger partial charge in [0.15, 0.2) is 0 Å². The number of H-pyrrole nitrogens is 2. The highest BCUT2D eigenvalue weighted by Gasteiger charge is 2.46. The number of carbonyl (C=O) groups is 1. The first-order chi connectivity index (χ1) is 21.7. The summed E-state index contributed by atoms with van der Waals surface area (Å²) in [6, 6.07) is 22.7. The number of hydrogen-bond donors (Lipinski definition) is 3. The molecule has 0 radical (unpaired) electrons. The molecule has 1 amide bonds. The molecule has 2 aromatic heterocycles. The van der Waals surface area contributed by atoms with Gasteiger partial charge in [0.25, 0.3) is 0 Å². The Morgan fingerprint density at radius 1 is 0.889 bits per heavy atom. The molecule has 0 bridgehead atoms. The van der Waals surface area contributed by atoms with Gasteiger partial charge < -0.3 is 20.0 Å². The van der Waals surface area contributed by atoms with Crippen LogP contribution in [0.2, 0.25) is 0 Å². The highest BCUT2D eigenvalue weighted by molar-refractivity contribution is 5.90. The van der Waals surface area contributed by atoms with E-state index < -0.39 is 5.60 Å². The number of benzene rings is 3. The van der Waals surface area contributed by atoms with Crippen LogP contribution in [0.5, 0.6) is 0 Å². The number of rotatable bonds is 5. The number of carbonyl (C=O) groups excluding carboxylic acids is 1. The molecule has 4 heterocycles. The number of fused-ring (bicyclic) bond motifs is 2. The molecular weight excluding hydrogens is 560 g/mol. The smallest absolute Gasteiger partial charge is 0.410 e. The van der Waals surface area contributed by atoms with E-state index in [0.29, 0.717) is 24.5 Å². The summed E-state index contributed by atoms with van der Waals surface area (Å²) in [6.07, 6.45) is 6.99. The van der Waals surface area contributed by atoms with Gasteiger partial charge in [-0.3, -0.25) is 4.90 Å². The first-order valence-electron chi connectivity index (χ1n) is 16.2. The fraction of sp³-hybridized carbons (Fsp3) is 0.378. The van der Waals surface area contributed by atoms with E-state index in [1.54, 1.807) is 0 Å². The summed E-state index contributed by atoms with van der Waals surface area (Å²) >= 11 is 0. The van der Waals surface area contributed by atoms with Gasteiger partial charge in [0, 0.05) is 24.3 Å². The van der Waals surface area contributed by atoms with Crippen LogP contribution in [0.4, 0.5) is 4.79 Å². The van der Waals surface area contributed by atoms with Gasteiger partial charge in [0.05, 0.1) is 29.7 Å². The number of likely N-dealkylation sites (tertiary alicyclic amines) is 1. The predicted molar refractivity (Wildman–Crippen MR) is 176 cm³/mol. The fourth-order valence-electron chi connectivity index (χ4n) is 7.10. The van der Waals surface area contributed by atoms with Crippen LogP contribution in [-0.2, 0) is 4.74 Å². The molecule has 230 valence electrons. The van der Waals surface area contributed by atoms with Crippen molar-refractivity contribution in [3.63, 3.8) is 0 Å². The third-order valence-corrected chi connectivity index (χ3v) is 9.52. The number of nitrogens with one attached hydrogen (secondary N) is 3. The minimum atomic E-state index is -0.534. The molecule has 45 heavy (non-hydrogen) atoms. The summed E-state index contributed by atoms with van der Waals surface area (Å²) in [4.78, 5) is 31.3. The minimum Gasteiger partial charge on any atom is -0.444 e. The average Bonchev–Trinajstić information content (AvgIpc) is 3.56. The number of ether oxygens (including phenoxy) is 1. The first-order valence-corrected chi connectivity index (χ1v) is 16.2. The Morgan fingerprint density at radius 2 is 1.60 bits per heavy atom. The standard InChI is InChI=1S/C37H40N6O2/c1-21-13-33(43(20-21)36(44)45-37(2,3)4)35-39-19-32(42-35)27-12-11-25-14-24(9-10-26(25)15-27)22-5-7-23(8-6-22)31-18-38-34(41-31)30-17-28-16-29(28)40-30/h5-12,14-15,18-19,21,28-30,33,40H,13,16-17,20H2,1-4H3,(H,38,41)(H,39,42)/t21-,28-,29?,30+,33+/m1/s1. The molecule has 2 aliphatic heterocycles. The lowest BCUT2D eigenvalue weighted by Crippen LogP contribution is -2.37. The van der Waals surface area contributed by atoms with Gasteiger partial charge in [-0.15, -0.1) is 0 Å². The Labute approximate surface area is 263 Å². The monoisotopic (exact) mass is 600 g/mol. The molecule has 0 spiro atoms. The summed E-state index contributed by atoms with van der Waals surface area (Å²) in [5, 5.41) is 6.01. The number of hydrogen-bond acceptors (Lipinski definition) is 5. The molecule has 3 aliphatic rings. The highest BCUT2D eigenvalue weighted by Crippen LogP contribution is 2.45. The van der Waals surface area contributed by atoms with Gasteiger partial charge >= 0.3 is 6.09 Å². The summed E-state index contributed by atoms with van der Waals surface area (Å²) < 4.78 is 5.69. The largest absolute Gasteiger partial charge is 0.444 e. The maximum absolute atomic E-state index is 12.9. The van der Waals surface area contributed by atoms with E-state index in [4.69, 9.17) is 9.72 Å². The van der Waals surface area contributed by atoms with Crippen molar-refractivity contribution in [2.24, 2.45) is 11.8 Å². The zero-order chi connectivity index (χ0) is 30.9. The van der Waals surface area contributed by atoms with Crippen LogP contribution in [0.25, 0.3) is 44.4 Å². The van der Waals surface area contributed by atoms with Crippen molar-refractivity contribution in [2.45, 2.75) is 70.7 Å². The number of aromatic amines is 2. The summed E-state index contributed by atoms with van der Waals surface area (Å²) in [7, 11) is 0. The van der Waals surface area contributed by atoms with Gasteiger partial charge in [-0.25, -0.2) is 14.8 Å². The molecule has 5 atom stereocenters. The molecule has 8 rings (SSSR count). The molecule has 2 saturated heterocycles. The van der Waals surface area contributed by atoms with Crippen LogP contribution < -0.4 is 5.32 Å². The Morgan fingerprint density at radius 3 is 2.33 bits per heavy atom. The second-order valence-corrected chi connectivity index (χ2v) is 14.3. The Kier molecular flexibility index (Phi) is 6.60. The molecule has 3 fully saturated rings. The van der Waals surface area contributed by atoms with Gasteiger partial charge in [0.2, 0.25) is 0 Å². The van der Waals surface area contributed by atoms with Crippen LogP contribution in [0, 0.1) is 11.8 Å². The van der Waals surface area contributed by atoms with Crippen LogP contribution in [0.1, 0.15) is 70.7 Å². The van der Waals surface area contributed by atoms with E-state index in [1.807, 2.05) is 38.1 Å². The lowest BCUT2D eigenvalue weighted by molar-refractivity contribution is 0.0214. The number of amides is 1. The highest BCUT2D eigenvalue weighted by atomic mass is 16.6. The third kappa shape index (κ3) is 5.52. The van der Waals surface area contributed by atoms with E-state index in [0.717, 1.165) is 51.9 Å². The molecule has 5 aromatic rings. The number of aromatic nitrogens is 4. The van der Waals surface area contributed by atoms with Gasteiger partial charge in [-0.1, -0.05) is 55.5 Å². The molecule has 1 saturated carbocycles. The van der Waals surface area contributed by atoms with E-state index in [-0.39, 0.29) is 12.1 Å². The molecule has 8 heteroatoms. The zero-order valence-electron chi connectivity index (χ0n) is 26.3. The van der Waals surface area contributed by atoms with E-state index in [9.17, 15) is 4.79 Å². The Bertz CT molecular complexity index is 1870. The number of piperidine rings is 1. The van der Waals surface area contributed by atoms with Crippen molar-refractivity contribution >= 4 is 16.9 Å². The van der Waals surface area contributed by atoms with Crippen LogP contribution in [-0.4, -0.2) is 49.1 Å². The summed E-state index contributed by atoms with van der Waals surface area (Å²) in [5.41, 5.74) is 5.95. The van der Waals surface area contributed by atoms with Crippen LogP contribution in [0.15, 0.2) is 73.1 Å². The third-order valence-electron chi connectivity index (χ3n) is 9.52. The maximum Gasteiger partial charge on any atom is 0.410 e. The van der Waals surface area contributed by atoms with E-state index >= 15 is 0 Å². The second-order valence-electron chi connectivity index (χ2n) is 14.3. The first kappa shape index (κ1) is 28.1. The van der Waals surface area contributed by atoms with E-state index in [1.165, 1.54) is 29.4 Å². The molecule has 8 nitrogen and oxygen atoms in total. The molecule has 3 N–H and O–H groups in total. The number of imidazole rings is 2. The molecule has 1 unspecified atom stereocenters. The van der Waals surface area contributed by atoms with Crippen LogP contribution >= 0.6 is 0 Å². The molecular formula is C37H40N6O2. The van der Waals surface area contributed by atoms with Crippen LogP contribution in [0.3, 0.4) is 0 Å². The van der Waals surface area contributed by atoms with Gasteiger partial charge in [0.1, 0.15) is 17.2 Å². The minimum absolute atomic E-state index is 0.122. The van der Waals surface area contributed by atoms with Crippen molar-refractivity contribution < 1.29 is 9.53 Å². The average molecular weight is 601 g/mol. The van der Waals surface area contributed by atoms with Crippen molar-refractivity contribution in [3.8, 4) is 33.6 Å². The lowest BCUT2D eigenvalue weighted by Gasteiger charge is -2.27. The maximum atomic E-state index is 12.9. The SMILES string of the molecule is C[C@@H]1C[C@@H](c2nc(-c3ccc4cc(-c5ccc(-c6cnc([C@@H]7C[C@H]8CC8N7)[nH]6)cc5)ccc4c3)c[nH]2)N(C(=O)OC(C)(C)C)C1. The lowest BCUT2D eigenvalue weighted by atomic mass is 9.98. The summed E-state index contributed by atoms with van der Waals surface area (Å²) in [5.74, 6) is 3.08. The Hall–Kier alpha value is -4.43. The zero-order valence-corrected chi connectivity index (χ0v) is 26.3. The quantitative estimate of drug-likeness (QED) is 0.190.